The molecule has 0 aliphatic carbocycles. The molecule has 0 spiro atoms. The molecule has 0 radical (unpaired) electrons. The van der Waals surface area contributed by atoms with Gasteiger partial charge in [-0.05, 0) is 29.5 Å². The maximum atomic E-state index is 9.38. The van der Waals surface area contributed by atoms with Crippen LogP contribution in [0.5, 0.6) is 0 Å². The number of ether oxygens (including phenoxy) is 2. The third kappa shape index (κ3) is 8.40. The first-order chi connectivity index (χ1) is 14.7. The first-order valence-corrected chi connectivity index (χ1v) is 10.6. The second-order valence-electron chi connectivity index (χ2n) is 7.85. The van der Waals surface area contributed by atoms with E-state index in [0.717, 1.165) is 37.5 Å². The van der Waals surface area contributed by atoms with Crippen molar-refractivity contribution in [2.24, 2.45) is 10.4 Å². The van der Waals surface area contributed by atoms with Crippen molar-refractivity contribution >= 4 is 29.9 Å². The van der Waals surface area contributed by atoms with E-state index in [0.29, 0.717) is 26.4 Å². The predicted octanol–water partition coefficient (Wildman–Crippen LogP) is 3.48. The Bertz CT molecular complexity index is 796. The molecule has 1 saturated heterocycles. The van der Waals surface area contributed by atoms with Gasteiger partial charge >= 0.3 is 0 Å². The Morgan fingerprint density at radius 3 is 2.52 bits per heavy atom. The van der Waals surface area contributed by atoms with Gasteiger partial charge in [-0.1, -0.05) is 54.6 Å². The summed E-state index contributed by atoms with van der Waals surface area (Å²) in [5, 5.41) is 16.1. The summed E-state index contributed by atoms with van der Waals surface area (Å²) in [4.78, 5) is 4.33. The molecular weight excluding hydrogens is 505 g/mol. The van der Waals surface area contributed by atoms with E-state index in [1.165, 1.54) is 11.1 Å². The first kappa shape index (κ1) is 25.6. The summed E-state index contributed by atoms with van der Waals surface area (Å²) in [6, 6.07) is 18.6. The van der Waals surface area contributed by atoms with E-state index in [1.54, 1.807) is 7.05 Å². The van der Waals surface area contributed by atoms with Crippen molar-refractivity contribution in [2.75, 3.05) is 33.4 Å². The van der Waals surface area contributed by atoms with Crippen molar-refractivity contribution in [3.8, 4) is 0 Å². The lowest BCUT2D eigenvalue weighted by Crippen LogP contribution is -2.44. The number of nitrogens with zero attached hydrogens (tertiary/aromatic N) is 1. The highest BCUT2D eigenvalue weighted by atomic mass is 127. The molecule has 0 aromatic heterocycles. The van der Waals surface area contributed by atoms with Gasteiger partial charge in [0.1, 0.15) is 0 Å². The third-order valence-corrected chi connectivity index (χ3v) is 5.51. The molecule has 1 aliphatic rings. The number of rotatable bonds is 10. The number of aliphatic hydroxyl groups excluding tert-OH is 1. The van der Waals surface area contributed by atoms with Crippen LogP contribution in [0.4, 0.5) is 0 Å². The van der Waals surface area contributed by atoms with Crippen LogP contribution in [0.2, 0.25) is 0 Å². The van der Waals surface area contributed by atoms with E-state index in [1.807, 2.05) is 18.2 Å². The average molecular weight is 539 g/mol. The molecule has 6 nitrogen and oxygen atoms in total. The third-order valence-electron chi connectivity index (χ3n) is 5.51. The minimum atomic E-state index is -0.0115. The van der Waals surface area contributed by atoms with Gasteiger partial charge < -0.3 is 25.2 Å². The molecule has 1 aliphatic heterocycles. The molecule has 0 amide bonds. The minimum Gasteiger partial charge on any atom is -0.396 e. The van der Waals surface area contributed by atoms with E-state index in [9.17, 15) is 5.11 Å². The number of aliphatic hydroxyl groups is 1. The Morgan fingerprint density at radius 2 is 1.81 bits per heavy atom. The second kappa shape index (κ2) is 13.7. The van der Waals surface area contributed by atoms with Crippen LogP contribution < -0.4 is 10.6 Å². The lowest BCUT2D eigenvalue weighted by molar-refractivity contribution is 0.107. The maximum Gasteiger partial charge on any atom is 0.191 e. The van der Waals surface area contributed by atoms with Crippen LogP contribution in [0.3, 0.4) is 0 Å². The number of aliphatic imine (C=N–C) groups is 1. The van der Waals surface area contributed by atoms with Crippen LogP contribution in [0.25, 0.3) is 0 Å². The highest BCUT2D eigenvalue weighted by molar-refractivity contribution is 14.0. The molecule has 7 heteroatoms. The number of nitrogens with one attached hydrogen (secondary N) is 2. The highest BCUT2D eigenvalue weighted by Crippen LogP contribution is 2.31. The molecule has 1 atom stereocenters. The summed E-state index contributed by atoms with van der Waals surface area (Å²) in [7, 11) is 1.77. The van der Waals surface area contributed by atoms with Crippen LogP contribution >= 0.6 is 24.0 Å². The van der Waals surface area contributed by atoms with Crippen LogP contribution in [-0.4, -0.2) is 44.5 Å². The molecule has 0 bridgehead atoms. The summed E-state index contributed by atoms with van der Waals surface area (Å²) < 4.78 is 11.4. The monoisotopic (exact) mass is 539 g/mol. The predicted molar refractivity (Wildman–Crippen MR) is 135 cm³/mol. The zero-order chi connectivity index (χ0) is 21.1. The molecule has 31 heavy (non-hydrogen) atoms. The molecule has 2 aromatic carbocycles. The smallest absolute Gasteiger partial charge is 0.191 e. The standard InChI is InChI=1S/C24H33N3O3.HI/c1-25-23(27-18-24(10-12-28)11-13-29-19-24)26-15-21-8-5-9-22(14-21)17-30-16-20-6-3-2-4-7-20;/h2-9,14,28H,10-13,15-19H2,1H3,(H2,25,26,27);1H. The molecule has 3 N–H and O–H groups in total. The van der Waals surface area contributed by atoms with Gasteiger partial charge in [-0.2, -0.15) is 0 Å². The van der Waals surface area contributed by atoms with Gasteiger partial charge in [0, 0.05) is 38.8 Å². The van der Waals surface area contributed by atoms with Crippen molar-refractivity contribution in [3.05, 3.63) is 71.3 Å². The minimum absolute atomic E-state index is 0. The fourth-order valence-corrected chi connectivity index (χ4v) is 3.68. The van der Waals surface area contributed by atoms with Crippen LogP contribution in [-0.2, 0) is 29.2 Å². The summed E-state index contributed by atoms with van der Waals surface area (Å²) in [6.45, 7) is 4.22. The fourth-order valence-electron chi connectivity index (χ4n) is 3.68. The lowest BCUT2D eigenvalue weighted by atomic mass is 9.84. The lowest BCUT2D eigenvalue weighted by Gasteiger charge is -2.27. The van der Waals surface area contributed by atoms with Crippen molar-refractivity contribution in [1.82, 2.24) is 10.6 Å². The normalized spacial score (nSPS) is 18.5. The Labute approximate surface area is 202 Å². The van der Waals surface area contributed by atoms with Crippen molar-refractivity contribution in [2.45, 2.75) is 32.6 Å². The zero-order valence-corrected chi connectivity index (χ0v) is 20.5. The van der Waals surface area contributed by atoms with Gasteiger partial charge in [0.15, 0.2) is 5.96 Å². The molecular formula is C24H34IN3O3. The van der Waals surface area contributed by atoms with Gasteiger partial charge in [0.25, 0.3) is 0 Å². The number of hydrogen-bond acceptors (Lipinski definition) is 4. The Morgan fingerprint density at radius 1 is 1.06 bits per heavy atom. The van der Waals surface area contributed by atoms with Gasteiger partial charge in [-0.25, -0.2) is 0 Å². The number of guanidine groups is 1. The molecule has 170 valence electrons. The fraction of sp³-hybridized carbons (Fsp3) is 0.458. The Hall–Kier alpha value is -1.68. The van der Waals surface area contributed by atoms with Gasteiger partial charge in [-0.3, -0.25) is 4.99 Å². The number of hydrogen-bond donors (Lipinski definition) is 3. The topological polar surface area (TPSA) is 75.1 Å². The quantitative estimate of drug-likeness (QED) is 0.245. The maximum absolute atomic E-state index is 9.38. The molecule has 0 saturated carbocycles. The van der Waals surface area contributed by atoms with E-state index in [-0.39, 0.29) is 36.0 Å². The van der Waals surface area contributed by atoms with E-state index >= 15 is 0 Å². The van der Waals surface area contributed by atoms with Crippen molar-refractivity contribution < 1.29 is 14.6 Å². The Kier molecular flexibility index (Phi) is 11.3. The van der Waals surface area contributed by atoms with E-state index in [2.05, 4.69) is 52.0 Å². The Balaban J connectivity index is 0.00000341. The molecule has 3 rings (SSSR count). The van der Waals surface area contributed by atoms with Crippen LogP contribution in [0.1, 0.15) is 29.5 Å². The van der Waals surface area contributed by atoms with Gasteiger partial charge in [0.05, 0.1) is 19.8 Å². The van der Waals surface area contributed by atoms with Crippen LogP contribution in [0.15, 0.2) is 59.6 Å². The second-order valence-corrected chi connectivity index (χ2v) is 7.85. The van der Waals surface area contributed by atoms with Crippen molar-refractivity contribution in [1.29, 1.82) is 0 Å². The summed E-state index contributed by atoms with van der Waals surface area (Å²) in [5.41, 5.74) is 3.49. The molecule has 2 aromatic rings. The summed E-state index contributed by atoms with van der Waals surface area (Å²) >= 11 is 0. The average Bonchev–Trinajstić information content (AvgIpc) is 3.24. The number of halogens is 1. The first-order valence-electron chi connectivity index (χ1n) is 10.6. The zero-order valence-electron chi connectivity index (χ0n) is 18.2. The largest absolute Gasteiger partial charge is 0.396 e. The van der Waals surface area contributed by atoms with E-state index < -0.39 is 0 Å². The molecule has 1 unspecified atom stereocenters. The van der Waals surface area contributed by atoms with Crippen LogP contribution in [0, 0.1) is 5.41 Å². The van der Waals surface area contributed by atoms with E-state index in [4.69, 9.17) is 9.47 Å². The highest BCUT2D eigenvalue weighted by Gasteiger charge is 2.34. The molecule has 1 fully saturated rings. The van der Waals surface area contributed by atoms with Gasteiger partial charge in [-0.15, -0.1) is 24.0 Å². The summed E-state index contributed by atoms with van der Waals surface area (Å²) in [6.07, 6.45) is 1.70. The molecule has 1 heterocycles. The van der Waals surface area contributed by atoms with Crippen molar-refractivity contribution in [3.63, 3.8) is 0 Å². The number of benzene rings is 2. The van der Waals surface area contributed by atoms with Gasteiger partial charge in [0.2, 0.25) is 0 Å². The summed E-state index contributed by atoms with van der Waals surface area (Å²) in [5.74, 6) is 0.755. The SMILES string of the molecule is CN=C(NCc1cccc(COCc2ccccc2)c1)NCC1(CCO)CCOC1.I.